The molecule has 6 heteroatoms. The number of hydrogen-bond acceptors (Lipinski definition) is 4. The largest absolute Gasteiger partial charge is 0.463 e. The summed E-state index contributed by atoms with van der Waals surface area (Å²) in [5.74, 6) is 0.267. The van der Waals surface area contributed by atoms with Crippen LogP contribution in [0.5, 0.6) is 6.01 Å². The second-order valence-corrected chi connectivity index (χ2v) is 4.80. The number of H-pyrrole nitrogens is 1. The number of amides is 1. The number of ether oxygens (including phenoxy) is 1. The third-order valence-electron chi connectivity index (χ3n) is 3.48. The third kappa shape index (κ3) is 2.24. The predicted molar refractivity (Wildman–Crippen MR) is 73.5 cm³/mol. The van der Waals surface area contributed by atoms with E-state index in [0.717, 1.165) is 18.4 Å². The van der Waals surface area contributed by atoms with Gasteiger partial charge in [0, 0.05) is 0 Å². The lowest BCUT2D eigenvalue weighted by Crippen LogP contribution is -2.28. The summed E-state index contributed by atoms with van der Waals surface area (Å²) in [6.45, 7) is 2.34. The van der Waals surface area contributed by atoms with Crippen molar-refractivity contribution in [3.8, 4) is 6.01 Å². The second kappa shape index (κ2) is 4.96. The zero-order valence-electron chi connectivity index (χ0n) is 11.2. The van der Waals surface area contributed by atoms with Crippen molar-refractivity contribution in [2.75, 3.05) is 11.9 Å². The molecule has 0 aliphatic heterocycles. The average Bonchev–Trinajstić information content (AvgIpc) is 3.18. The van der Waals surface area contributed by atoms with Crippen molar-refractivity contribution in [3.63, 3.8) is 0 Å². The van der Waals surface area contributed by atoms with Crippen LogP contribution in [-0.4, -0.2) is 27.7 Å². The Kier molecular flexibility index (Phi) is 3.14. The number of anilines is 1. The van der Waals surface area contributed by atoms with Crippen molar-refractivity contribution in [1.29, 1.82) is 0 Å². The first kappa shape index (κ1) is 12.7. The van der Waals surface area contributed by atoms with Gasteiger partial charge in [-0.2, -0.15) is 4.98 Å². The fourth-order valence-electron chi connectivity index (χ4n) is 2.25. The smallest absolute Gasteiger partial charge is 0.337 e. The molecule has 1 aliphatic carbocycles. The molecule has 1 aliphatic rings. The van der Waals surface area contributed by atoms with Crippen LogP contribution in [0.15, 0.2) is 30.3 Å². The van der Waals surface area contributed by atoms with E-state index in [0.29, 0.717) is 12.6 Å². The van der Waals surface area contributed by atoms with Crippen molar-refractivity contribution >= 4 is 11.9 Å². The molecular weight excluding hydrogens is 256 g/mol. The van der Waals surface area contributed by atoms with Crippen LogP contribution in [0.1, 0.15) is 25.3 Å². The molecule has 1 aromatic carbocycles. The van der Waals surface area contributed by atoms with Gasteiger partial charge in [0.05, 0.1) is 12.0 Å². The lowest BCUT2D eigenvalue weighted by molar-refractivity contribution is -0.118. The summed E-state index contributed by atoms with van der Waals surface area (Å²) in [6.07, 6.45) is 1.71. The number of benzene rings is 1. The molecule has 104 valence electrons. The van der Waals surface area contributed by atoms with E-state index < -0.39 is 5.41 Å². The summed E-state index contributed by atoms with van der Waals surface area (Å²) >= 11 is 0. The molecule has 0 radical (unpaired) electrons. The standard InChI is InChI=1S/C14H16N4O2/c1-2-20-13-16-12(17-18-13)15-11(19)14(8-9-14)10-6-4-3-5-7-10/h3-7H,2,8-9H2,1H3,(H2,15,16,17,18,19). The lowest BCUT2D eigenvalue weighted by atomic mass is 9.95. The molecule has 0 unspecified atom stereocenters. The van der Waals surface area contributed by atoms with Gasteiger partial charge in [-0.3, -0.25) is 10.1 Å². The van der Waals surface area contributed by atoms with E-state index in [4.69, 9.17) is 4.74 Å². The van der Waals surface area contributed by atoms with Crippen molar-refractivity contribution in [1.82, 2.24) is 15.2 Å². The topological polar surface area (TPSA) is 79.9 Å². The molecule has 3 rings (SSSR count). The van der Waals surface area contributed by atoms with E-state index in [-0.39, 0.29) is 11.9 Å². The first-order chi connectivity index (χ1) is 9.74. The van der Waals surface area contributed by atoms with Crippen molar-refractivity contribution < 1.29 is 9.53 Å². The second-order valence-electron chi connectivity index (χ2n) is 4.80. The Morgan fingerprint density at radius 3 is 2.80 bits per heavy atom. The number of rotatable bonds is 5. The summed E-state index contributed by atoms with van der Waals surface area (Å²) in [6, 6.07) is 10.1. The molecule has 2 aromatic rings. The molecule has 1 saturated carbocycles. The highest BCUT2D eigenvalue weighted by atomic mass is 16.5. The minimum absolute atomic E-state index is 0.0529. The van der Waals surface area contributed by atoms with Crippen LogP contribution in [0.2, 0.25) is 0 Å². The molecule has 1 fully saturated rings. The fraction of sp³-hybridized carbons (Fsp3) is 0.357. The zero-order chi connectivity index (χ0) is 14.0. The maximum absolute atomic E-state index is 12.4. The minimum Gasteiger partial charge on any atom is -0.463 e. The molecule has 0 atom stereocenters. The highest BCUT2D eigenvalue weighted by molar-refractivity contribution is 6.00. The quantitative estimate of drug-likeness (QED) is 0.870. The molecule has 1 heterocycles. The van der Waals surface area contributed by atoms with Crippen LogP contribution in [0.4, 0.5) is 5.95 Å². The Morgan fingerprint density at radius 1 is 1.40 bits per heavy atom. The molecule has 6 nitrogen and oxygen atoms in total. The highest BCUT2D eigenvalue weighted by Crippen LogP contribution is 2.48. The van der Waals surface area contributed by atoms with Gasteiger partial charge in [0.1, 0.15) is 0 Å². The number of hydrogen-bond donors (Lipinski definition) is 2. The molecule has 0 saturated heterocycles. The van der Waals surface area contributed by atoms with Gasteiger partial charge < -0.3 is 4.74 Å². The van der Waals surface area contributed by atoms with Gasteiger partial charge in [0.15, 0.2) is 0 Å². The van der Waals surface area contributed by atoms with Crippen LogP contribution in [0.25, 0.3) is 0 Å². The van der Waals surface area contributed by atoms with Crippen LogP contribution in [0.3, 0.4) is 0 Å². The van der Waals surface area contributed by atoms with Gasteiger partial charge >= 0.3 is 6.01 Å². The van der Waals surface area contributed by atoms with Gasteiger partial charge in [-0.1, -0.05) is 30.3 Å². The lowest BCUT2D eigenvalue weighted by Gasteiger charge is -2.14. The highest BCUT2D eigenvalue weighted by Gasteiger charge is 2.51. The van der Waals surface area contributed by atoms with E-state index >= 15 is 0 Å². The van der Waals surface area contributed by atoms with Gasteiger partial charge in [-0.25, -0.2) is 5.10 Å². The molecule has 0 bridgehead atoms. The SMILES string of the molecule is CCOc1n[nH]c(NC(=O)C2(c3ccccc3)CC2)n1. The summed E-state index contributed by atoms with van der Waals surface area (Å²) in [5.41, 5.74) is 0.627. The summed E-state index contributed by atoms with van der Waals surface area (Å²) in [4.78, 5) is 16.5. The molecule has 1 aromatic heterocycles. The average molecular weight is 272 g/mol. The number of nitrogens with one attached hydrogen (secondary N) is 2. The number of carbonyl (C=O) groups excluding carboxylic acids is 1. The molecule has 20 heavy (non-hydrogen) atoms. The van der Waals surface area contributed by atoms with Crippen LogP contribution in [-0.2, 0) is 10.2 Å². The normalized spacial score (nSPS) is 15.7. The molecule has 0 spiro atoms. The Bertz CT molecular complexity index is 605. The first-order valence-electron chi connectivity index (χ1n) is 6.67. The maximum atomic E-state index is 12.4. The first-order valence-corrected chi connectivity index (χ1v) is 6.67. The minimum atomic E-state index is -0.417. The molecular formula is C14H16N4O2. The molecule has 2 N–H and O–H groups in total. The van der Waals surface area contributed by atoms with Crippen molar-refractivity contribution in [2.24, 2.45) is 0 Å². The Balaban J connectivity index is 1.73. The fourth-order valence-corrected chi connectivity index (χ4v) is 2.25. The predicted octanol–water partition coefficient (Wildman–Crippen LogP) is 1.87. The van der Waals surface area contributed by atoms with Crippen molar-refractivity contribution in [3.05, 3.63) is 35.9 Å². The van der Waals surface area contributed by atoms with E-state index in [2.05, 4.69) is 20.5 Å². The Labute approximate surface area is 116 Å². The summed E-state index contributed by atoms with van der Waals surface area (Å²) in [7, 11) is 0. The van der Waals surface area contributed by atoms with Crippen LogP contribution >= 0.6 is 0 Å². The van der Waals surface area contributed by atoms with Crippen LogP contribution in [0, 0.1) is 0 Å². The Morgan fingerprint density at radius 2 is 2.15 bits per heavy atom. The summed E-state index contributed by atoms with van der Waals surface area (Å²) < 4.78 is 5.15. The van der Waals surface area contributed by atoms with Gasteiger partial charge in [-0.05, 0) is 25.3 Å². The van der Waals surface area contributed by atoms with E-state index in [1.165, 1.54) is 0 Å². The van der Waals surface area contributed by atoms with Crippen molar-refractivity contribution in [2.45, 2.75) is 25.2 Å². The van der Waals surface area contributed by atoms with Gasteiger partial charge in [0.2, 0.25) is 11.9 Å². The third-order valence-corrected chi connectivity index (χ3v) is 3.48. The monoisotopic (exact) mass is 272 g/mol. The number of aromatic nitrogens is 3. The number of carbonyl (C=O) groups is 1. The maximum Gasteiger partial charge on any atom is 0.337 e. The summed E-state index contributed by atoms with van der Waals surface area (Å²) in [5, 5.41) is 9.29. The number of aromatic amines is 1. The van der Waals surface area contributed by atoms with E-state index in [9.17, 15) is 4.79 Å². The van der Waals surface area contributed by atoms with E-state index in [1.807, 2.05) is 37.3 Å². The Hall–Kier alpha value is -2.37. The van der Waals surface area contributed by atoms with Gasteiger partial charge in [-0.15, -0.1) is 5.10 Å². The number of nitrogens with zero attached hydrogens (tertiary/aromatic N) is 2. The van der Waals surface area contributed by atoms with Gasteiger partial charge in [0.25, 0.3) is 0 Å². The molecule has 1 amide bonds. The zero-order valence-corrected chi connectivity index (χ0v) is 11.2. The van der Waals surface area contributed by atoms with Crippen LogP contribution < -0.4 is 10.1 Å². The van der Waals surface area contributed by atoms with E-state index in [1.54, 1.807) is 0 Å².